The molecule has 2 fully saturated rings. The first kappa shape index (κ1) is 20.5. The first-order valence-electron chi connectivity index (χ1n) is 10.9. The summed E-state index contributed by atoms with van der Waals surface area (Å²) in [6.45, 7) is 7.64. The number of likely N-dealkylation sites (tertiary alicyclic amines) is 2. The highest BCUT2D eigenvalue weighted by Gasteiger charge is 2.37. The normalized spacial score (nSPS) is 21.7. The molecule has 6 heteroatoms. The van der Waals surface area contributed by atoms with Crippen molar-refractivity contribution in [3.63, 3.8) is 0 Å². The third-order valence-corrected chi connectivity index (χ3v) is 6.33. The maximum absolute atomic E-state index is 13.3. The van der Waals surface area contributed by atoms with E-state index in [0.29, 0.717) is 13.1 Å². The zero-order valence-corrected chi connectivity index (χ0v) is 18.1. The number of nitrogens with zero attached hydrogens (tertiary/aromatic N) is 4. The van der Waals surface area contributed by atoms with Crippen LogP contribution in [0.25, 0.3) is 11.1 Å². The van der Waals surface area contributed by atoms with Gasteiger partial charge in [0.2, 0.25) is 11.8 Å². The Morgan fingerprint density at radius 3 is 2.67 bits per heavy atom. The fraction of sp³-hybridized carbons (Fsp3) is 0.500. The molecule has 0 bridgehead atoms. The van der Waals surface area contributed by atoms with Crippen LogP contribution in [0.5, 0.6) is 0 Å². The number of amides is 2. The van der Waals surface area contributed by atoms with Gasteiger partial charge in [0.1, 0.15) is 11.9 Å². The minimum Gasteiger partial charge on any atom is -0.340 e. The molecule has 2 aliphatic rings. The highest BCUT2D eigenvalue weighted by molar-refractivity contribution is 5.87. The standard InChI is InChI=1S/C24H30N4O2/c1-16-7-4-8-19(13-16)21-14-25-17(2)26-23(21)20-9-5-11-27(15-20)24(30)22-10-6-12-28(22)18(3)29/h4,7-8,13-14,20,22H,5-6,9-12,15H2,1-3H3/t20?,22-/m0/s1. The summed E-state index contributed by atoms with van der Waals surface area (Å²) in [5, 5.41) is 0. The van der Waals surface area contributed by atoms with Gasteiger partial charge in [-0.05, 0) is 45.1 Å². The van der Waals surface area contributed by atoms with Gasteiger partial charge < -0.3 is 9.80 Å². The molecule has 2 aliphatic heterocycles. The lowest BCUT2D eigenvalue weighted by Crippen LogP contribution is -2.50. The van der Waals surface area contributed by atoms with E-state index in [1.165, 1.54) is 5.56 Å². The van der Waals surface area contributed by atoms with Crippen molar-refractivity contribution >= 4 is 11.8 Å². The molecule has 0 aliphatic carbocycles. The molecule has 3 heterocycles. The summed E-state index contributed by atoms with van der Waals surface area (Å²) in [5.41, 5.74) is 4.40. The number of carbonyl (C=O) groups is 2. The lowest BCUT2D eigenvalue weighted by Gasteiger charge is -2.36. The molecule has 6 nitrogen and oxygen atoms in total. The molecule has 2 amide bonds. The second-order valence-electron chi connectivity index (χ2n) is 8.58. The molecule has 4 rings (SSSR count). The van der Waals surface area contributed by atoms with Crippen molar-refractivity contribution < 1.29 is 9.59 Å². The maximum atomic E-state index is 13.3. The molecule has 0 saturated carbocycles. The zero-order valence-electron chi connectivity index (χ0n) is 18.1. The average molecular weight is 407 g/mol. The molecule has 1 aromatic carbocycles. The van der Waals surface area contributed by atoms with E-state index in [-0.39, 0.29) is 23.8 Å². The van der Waals surface area contributed by atoms with Crippen molar-refractivity contribution in [2.75, 3.05) is 19.6 Å². The molecule has 158 valence electrons. The lowest BCUT2D eigenvalue weighted by molar-refractivity contribution is -0.143. The van der Waals surface area contributed by atoms with Crippen LogP contribution in [-0.2, 0) is 9.59 Å². The number of benzene rings is 1. The summed E-state index contributed by atoms with van der Waals surface area (Å²) < 4.78 is 0. The fourth-order valence-electron chi connectivity index (χ4n) is 4.85. The Morgan fingerprint density at radius 2 is 1.90 bits per heavy atom. The molecular weight excluding hydrogens is 376 g/mol. The molecule has 0 radical (unpaired) electrons. The summed E-state index contributed by atoms with van der Waals surface area (Å²) in [7, 11) is 0. The Morgan fingerprint density at radius 1 is 1.10 bits per heavy atom. The van der Waals surface area contributed by atoms with Crippen LogP contribution >= 0.6 is 0 Å². The van der Waals surface area contributed by atoms with E-state index < -0.39 is 0 Å². The number of hydrogen-bond acceptors (Lipinski definition) is 4. The first-order valence-corrected chi connectivity index (χ1v) is 10.9. The van der Waals surface area contributed by atoms with E-state index in [4.69, 9.17) is 4.98 Å². The number of piperidine rings is 1. The third-order valence-electron chi connectivity index (χ3n) is 6.33. The minimum absolute atomic E-state index is 0.00688. The van der Waals surface area contributed by atoms with Crippen LogP contribution in [0.3, 0.4) is 0 Å². The SMILES string of the molecule is CC(=O)N1CCC[C@H]1C(=O)N1CCCC(c2nc(C)ncc2-c2cccc(C)c2)C1. The Kier molecular flexibility index (Phi) is 5.84. The second-order valence-corrected chi connectivity index (χ2v) is 8.58. The van der Waals surface area contributed by atoms with Crippen molar-refractivity contribution in [1.82, 2.24) is 19.8 Å². The van der Waals surface area contributed by atoms with Gasteiger partial charge >= 0.3 is 0 Å². The van der Waals surface area contributed by atoms with Crippen LogP contribution in [0.4, 0.5) is 0 Å². The summed E-state index contributed by atoms with van der Waals surface area (Å²) in [6, 6.07) is 8.10. The Bertz CT molecular complexity index is 958. The highest BCUT2D eigenvalue weighted by Crippen LogP contribution is 2.34. The molecule has 2 aromatic rings. The lowest BCUT2D eigenvalue weighted by atomic mass is 9.89. The van der Waals surface area contributed by atoms with Crippen LogP contribution in [0.2, 0.25) is 0 Å². The van der Waals surface area contributed by atoms with Crippen LogP contribution in [-0.4, -0.2) is 57.3 Å². The minimum atomic E-state index is -0.301. The van der Waals surface area contributed by atoms with Gasteiger partial charge in [-0.25, -0.2) is 9.97 Å². The summed E-state index contributed by atoms with van der Waals surface area (Å²) in [5.74, 6) is 1.01. The van der Waals surface area contributed by atoms with Gasteiger partial charge in [0.05, 0.1) is 5.69 Å². The van der Waals surface area contributed by atoms with E-state index in [2.05, 4.69) is 36.2 Å². The van der Waals surface area contributed by atoms with Crippen molar-refractivity contribution in [2.24, 2.45) is 0 Å². The van der Waals surface area contributed by atoms with Gasteiger partial charge in [-0.2, -0.15) is 0 Å². The Labute approximate surface area is 178 Å². The Balaban J connectivity index is 1.60. The van der Waals surface area contributed by atoms with Crippen molar-refractivity contribution in [2.45, 2.75) is 58.4 Å². The first-order chi connectivity index (χ1) is 14.4. The predicted molar refractivity (Wildman–Crippen MR) is 116 cm³/mol. The number of aromatic nitrogens is 2. The summed E-state index contributed by atoms with van der Waals surface area (Å²) in [4.78, 5) is 38.2. The van der Waals surface area contributed by atoms with Gasteiger partial charge in [0.15, 0.2) is 0 Å². The highest BCUT2D eigenvalue weighted by atomic mass is 16.2. The predicted octanol–water partition coefficient (Wildman–Crippen LogP) is 3.48. The molecule has 0 spiro atoms. The summed E-state index contributed by atoms with van der Waals surface area (Å²) in [6.07, 6.45) is 5.53. The number of rotatable bonds is 3. The molecule has 0 N–H and O–H groups in total. The van der Waals surface area contributed by atoms with Crippen LogP contribution in [0.1, 0.15) is 55.6 Å². The van der Waals surface area contributed by atoms with Gasteiger partial charge in [-0.1, -0.05) is 29.8 Å². The van der Waals surface area contributed by atoms with Crippen LogP contribution in [0, 0.1) is 13.8 Å². The molecule has 2 saturated heterocycles. The van der Waals surface area contributed by atoms with Gasteiger partial charge in [0, 0.05) is 44.2 Å². The average Bonchev–Trinajstić information content (AvgIpc) is 3.23. The number of hydrogen-bond donors (Lipinski definition) is 0. The zero-order chi connectivity index (χ0) is 21.3. The topological polar surface area (TPSA) is 66.4 Å². The molecular formula is C24H30N4O2. The van der Waals surface area contributed by atoms with Gasteiger partial charge in [-0.15, -0.1) is 0 Å². The molecule has 30 heavy (non-hydrogen) atoms. The summed E-state index contributed by atoms with van der Waals surface area (Å²) >= 11 is 0. The second kappa shape index (κ2) is 8.54. The monoisotopic (exact) mass is 406 g/mol. The van der Waals surface area contributed by atoms with E-state index in [0.717, 1.165) is 54.9 Å². The van der Waals surface area contributed by atoms with E-state index >= 15 is 0 Å². The fourth-order valence-corrected chi connectivity index (χ4v) is 4.85. The maximum Gasteiger partial charge on any atom is 0.245 e. The number of aryl methyl sites for hydroxylation is 2. The van der Waals surface area contributed by atoms with Gasteiger partial charge in [-0.3, -0.25) is 9.59 Å². The third kappa shape index (κ3) is 4.09. The van der Waals surface area contributed by atoms with E-state index in [1.807, 2.05) is 18.0 Å². The quantitative estimate of drug-likeness (QED) is 0.783. The Hall–Kier alpha value is -2.76. The van der Waals surface area contributed by atoms with E-state index in [9.17, 15) is 9.59 Å². The van der Waals surface area contributed by atoms with Crippen molar-refractivity contribution in [3.05, 3.63) is 47.5 Å². The van der Waals surface area contributed by atoms with Gasteiger partial charge in [0.25, 0.3) is 0 Å². The van der Waals surface area contributed by atoms with Crippen molar-refractivity contribution in [3.8, 4) is 11.1 Å². The van der Waals surface area contributed by atoms with Crippen molar-refractivity contribution in [1.29, 1.82) is 0 Å². The van der Waals surface area contributed by atoms with Crippen LogP contribution < -0.4 is 0 Å². The number of carbonyl (C=O) groups excluding carboxylic acids is 2. The molecule has 1 unspecified atom stereocenters. The molecule has 1 aromatic heterocycles. The van der Waals surface area contributed by atoms with E-state index in [1.54, 1.807) is 11.8 Å². The largest absolute Gasteiger partial charge is 0.340 e. The smallest absolute Gasteiger partial charge is 0.245 e. The van der Waals surface area contributed by atoms with Crippen LogP contribution in [0.15, 0.2) is 30.5 Å². The molecule has 2 atom stereocenters.